The molecule has 2 aromatic carbocycles. The first-order valence-corrected chi connectivity index (χ1v) is 16.9. The van der Waals surface area contributed by atoms with Crippen LogP contribution in [0, 0.1) is 0 Å². The van der Waals surface area contributed by atoms with E-state index >= 15 is 0 Å². The molecule has 15 heteroatoms. The highest BCUT2D eigenvalue weighted by atomic mass is 32.2. The number of esters is 2. The minimum absolute atomic E-state index is 0.488. The maximum atomic E-state index is 13.6. The number of nitrogens with one attached hydrogen (secondary N) is 2. The van der Waals surface area contributed by atoms with Gasteiger partial charge >= 0.3 is 11.9 Å². The maximum Gasteiger partial charge on any atom is 0.338 e. The third-order valence-electron chi connectivity index (χ3n) is 9.01. The zero-order valence-corrected chi connectivity index (χ0v) is 27.7. The van der Waals surface area contributed by atoms with E-state index in [4.69, 9.17) is 16.2 Å². The van der Waals surface area contributed by atoms with Crippen molar-refractivity contribution in [2.45, 2.75) is 84.2 Å². The molecule has 8 atom stereocenters. The quantitative estimate of drug-likeness (QED) is 0.173. The van der Waals surface area contributed by atoms with E-state index in [1.165, 1.54) is 33.3 Å². The Balaban J connectivity index is 1.09. The van der Waals surface area contributed by atoms with Gasteiger partial charge in [-0.25, -0.2) is 9.59 Å². The van der Waals surface area contributed by atoms with Crippen LogP contribution in [-0.4, -0.2) is 89.8 Å². The molecule has 0 saturated carbocycles. The summed E-state index contributed by atoms with van der Waals surface area (Å²) in [5.41, 5.74) is 13.4. The Hall–Kier alpha value is -3.92. The van der Waals surface area contributed by atoms with E-state index in [-0.39, 0.29) is 0 Å². The normalized spacial score (nSPS) is 29.4. The Bertz CT molecular complexity index is 1520. The number of hydrogen-bond acceptors (Lipinski definition) is 11. The third-order valence-corrected chi connectivity index (χ3v) is 12.2. The van der Waals surface area contributed by atoms with Crippen LogP contribution in [0.3, 0.4) is 0 Å². The van der Waals surface area contributed by atoms with Gasteiger partial charge in [0.2, 0.25) is 23.6 Å². The molecule has 0 aromatic heterocycles. The number of amides is 4. The average molecular weight is 681 g/mol. The second-order valence-corrected chi connectivity index (χ2v) is 16.6. The van der Waals surface area contributed by atoms with Crippen LogP contribution in [0.25, 0.3) is 0 Å². The molecule has 2 aromatic rings. The topological polar surface area (TPSA) is 194 Å². The number of carbonyl (C=O) groups is 6. The van der Waals surface area contributed by atoms with Gasteiger partial charge in [-0.2, -0.15) is 0 Å². The molecule has 4 aliphatic rings. The molecule has 0 bridgehead atoms. The van der Waals surface area contributed by atoms with Crippen LogP contribution in [0.15, 0.2) is 60.7 Å². The lowest BCUT2D eigenvalue weighted by Gasteiger charge is -2.45. The minimum Gasteiger partial charge on any atom is -0.390 e. The number of benzene rings is 2. The summed E-state index contributed by atoms with van der Waals surface area (Å²) < 4.78 is 3.69. The van der Waals surface area contributed by atoms with Crippen molar-refractivity contribution in [2.75, 3.05) is 0 Å². The van der Waals surface area contributed by atoms with Crippen molar-refractivity contribution in [2.24, 2.45) is 11.5 Å². The third kappa shape index (κ3) is 5.58. The SMILES string of the molecule is CC1(C)S[C@@H]2[C@H](NC(=O)C(N)c3ccccc3)C(=O)N2[C@H]1C(=O)OC(=O)[C@@H]1N2C(=O)[C@@H](NC(=O)C(N)c3ccccc3)[C@H]2SC1(C)C. The summed E-state index contributed by atoms with van der Waals surface area (Å²) in [5.74, 6) is -3.88. The number of nitrogens with two attached hydrogens (primary N) is 2. The first-order valence-electron chi connectivity index (χ1n) is 15.1. The summed E-state index contributed by atoms with van der Waals surface area (Å²) in [6.45, 7) is 7.02. The number of carbonyl (C=O) groups excluding carboxylic acids is 6. The molecule has 4 fully saturated rings. The average Bonchev–Trinajstić information content (AvgIpc) is 3.46. The first-order chi connectivity index (χ1) is 22.1. The fraction of sp³-hybridized carbons (Fsp3) is 0.438. The number of β-lactam (4-membered cyclic amide) rings is 2. The van der Waals surface area contributed by atoms with Crippen LogP contribution in [-0.2, 0) is 33.5 Å². The molecular formula is C32H36N6O7S2. The Morgan fingerprint density at radius 1 is 0.681 bits per heavy atom. The molecule has 6 rings (SSSR count). The Morgan fingerprint density at radius 2 is 1.02 bits per heavy atom. The van der Waals surface area contributed by atoms with Crippen LogP contribution < -0.4 is 22.1 Å². The Morgan fingerprint density at radius 3 is 1.36 bits per heavy atom. The summed E-state index contributed by atoms with van der Waals surface area (Å²) in [6, 6.07) is 11.5. The molecule has 2 unspecified atom stereocenters. The lowest BCUT2D eigenvalue weighted by Crippen LogP contribution is -2.72. The Kier molecular flexibility index (Phi) is 8.39. The summed E-state index contributed by atoms with van der Waals surface area (Å²) in [4.78, 5) is 82.0. The largest absolute Gasteiger partial charge is 0.390 e. The summed E-state index contributed by atoms with van der Waals surface area (Å²) in [5, 5.41) is 4.28. The van der Waals surface area contributed by atoms with Crippen LogP contribution in [0.5, 0.6) is 0 Å². The fourth-order valence-electron chi connectivity index (χ4n) is 6.57. The van der Waals surface area contributed by atoms with Gasteiger partial charge in [-0.3, -0.25) is 19.2 Å². The van der Waals surface area contributed by atoms with Crippen LogP contribution in [0.2, 0.25) is 0 Å². The molecule has 4 amide bonds. The highest BCUT2D eigenvalue weighted by molar-refractivity contribution is 8.02. The van der Waals surface area contributed by atoms with Crippen molar-refractivity contribution in [1.82, 2.24) is 20.4 Å². The Labute approximate surface area is 279 Å². The van der Waals surface area contributed by atoms with Crippen molar-refractivity contribution in [3.63, 3.8) is 0 Å². The van der Waals surface area contributed by atoms with Crippen molar-refractivity contribution in [3.05, 3.63) is 71.8 Å². The van der Waals surface area contributed by atoms with Crippen LogP contribution >= 0.6 is 23.5 Å². The van der Waals surface area contributed by atoms with Crippen molar-refractivity contribution in [1.29, 1.82) is 0 Å². The highest BCUT2D eigenvalue weighted by Crippen LogP contribution is 2.53. The maximum absolute atomic E-state index is 13.6. The summed E-state index contributed by atoms with van der Waals surface area (Å²) in [6.07, 6.45) is 0. The van der Waals surface area contributed by atoms with Crippen LogP contribution in [0.4, 0.5) is 0 Å². The molecule has 0 aliphatic carbocycles. The van der Waals surface area contributed by atoms with Crippen LogP contribution in [0.1, 0.15) is 50.9 Å². The number of nitrogens with zero attached hydrogens (tertiary/aromatic N) is 2. The van der Waals surface area contributed by atoms with Gasteiger partial charge in [0, 0.05) is 9.49 Å². The van der Waals surface area contributed by atoms with E-state index in [2.05, 4.69) is 10.6 Å². The summed E-state index contributed by atoms with van der Waals surface area (Å²) >= 11 is 2.62. The molecule has 4 heterocycles. The van der Waals surface area contributed by atoms with Gasteiger partial charge in [0.05, 0.1) is 0 Å². The lowest BCUT2D eigenvalue weighted by molar-refractivity contribution is -0.176. The van der Waals surface area contributed by atoms with Gasteiger partial charge in [-0.05, 0) is 38.8 Å². The van der Waals surface area contributed by atoms with Gasteiger partial charge in [0.1, 0.15) is 47.0 Å². The molecule has 4 saturated heterocycles. The van der Waals surface area contributed by atoms with Crippen molar-refractivity contribution < 1.29 is 33.5 Å². The minimum atomic E-state index is -1.11. The lowest BCUT2D eigenvalue weighted by atomic mass is 9.94. The van der Waals surface area contributed by atoms with E-state index in [9.17, 15) is 28.8 Å². The molecular weight excluding hydrogens is 645 g/mol. The standard InChI is InChI=1S/C32H36N6O7S2/c1-31(2)21(37-25(41)19(27(37)46-31)35-23(39)17(33)15-11-7-5-8-12-15)29(43)45-30(44)22-32(3,4)47-28-20(26(42)38(22)28)36-24(40)18(34)16-13-9-6-10-14-16/h5-14,17-22,27-28H,33-34H2,1-4H3,(H,35,39)(H,36,40)/t17?,18?,19-,20-,21+,22+,27-,28-/m1/s1. The first kappa shape index (κ1) is 33.0. The van der Waals surface area contributed by atoms with Crippen molar-refractivity contribution in [3.8, 4) is 0 Å². The van der Waals surface area contributed by atoms with E-state index in [0.29, 0.717) is 11.1 Å². The summed E-state index contributed by atoms with van der Waals surface area (Å²) in [7, 11) is 0. The zero-order valence-electron chi connectivity index (χ0n) is 26.1. The number of fused-ring (bicyclic) bond motifs is 2. The van der Waals surface area contributed by atoms with Gasteiger partial charge in [0.15, 0.2) is 0 Å². The number of rotatable bonds is 8. The van der Waals surface area contributed by atoms with Gasteiger partial charge < -0.3 is 36.6 Å². The number of ether oxygens (including phenoxy) is 1. The molecule has 47 heavy (non-hydrogen) atoms. The smallest absolute Gasteiger partial charge is 0.338 e. The van der Waals surface area contributed by atoms with Gasteiger partial charge in [0.25, 0.3) is 0 Å². The van der Waals surface area contributed by atoms with Gasteiger partial charge in [-0.15, -0.1) is 23.5 Å². The monoisotopic (exact) mass is 680 g/mol. The highest BCUT2D eigenvalue weighted by Gasteiger charge is 2.67. The molecule has 0 radical (unpaired) electrons. The van der Waals surface area contributed by atoms with E-state index in [1.807, 2.05) is 0 Å². The molecule has 6 N–H and O–H groups in total. The zero-order chi connectivity index (χ0) is 34.0. The van der Waals surface area contributed by atoms with Crippen molar-refractivity contribution >= 4 is 59.1 Å². The number of hydrogen-bond donors (Lipinski definition) is 4. The molecule has 4 aliphatic heterocycles. The number of thioether (sulfide) groups is 2. The molecule has 0 spiro atoms. The molecule has 13 nitrogen and oxygen atoms in total. The van der Waals surface area contributed by atoms with E-state index in [0.717, 1.165) is 0 Å². The van der Waals surface area contributed by atoms with E-state index < -0.39 is 92.1 Å². The predicted molar refractivity (Wildman–Crippen MR) is 174 cm³/mol. The second-order valence-electron chi connectivity index (χ2n) is 13.0. The van der Waals surface area contributed by atoms with E-state index in [1.54, 1.807) is 88.4 Å². The van der Waals surface area contributed by atoms with Gasteiger partial charge in [-0.1, -0.05) is 60.7 Å². The predicted octanol–water partition coefficient (Wildman–Crippen LogP) is 0.550. The molecule has 248 valence electrons. The second kappa shape index (κ2) is 12.0. The fourth-order valence-corrected chi connectivity index (χ4v) is 9.81.